The maximum absolute atomic E-state index is 14.5. The molecule has 1 saturated carbocycles. The van der Waals surface area contributed by atoms with Gasteiger partial charge in [0.25, 0.3) is 5.91 Å². The summed E-state index contributed by atoms with van der Waals surface area (Å²) in [5.74, 6) is -1.85. The van der Waals surface area contributed by atoms with Crippen molar-refractivity contribution in [1.82, 2.24) is 19.8 Å². The summed E-state index contributed by atoms with van der Waals surface area (Å²) in [7, 11) is 0. The lowest BCUT2D eigenvalue weighted by atomic mass is 10.1. The molecular formula is C23H22F4N4O3. The molecule has 0 bridgehead atoms. The van der Waals surface area contributed by atoms with Gasteiger partial charge in [-0.25, -0.2) is 9.37 Å². The van der Waals surface area contributed by atoms with Crippen LogP contribution in [0.4, 0.5) is 17.6 Å². The first-order valence-electron chi connectivity index (χ1n) is 11.1. The third-order valence-corrected chi connectivity index (χ3v) is 6.48. The second kappa shape index (κ2) is 8.52. The van der Waals surface area contributed by atoms with Gasteiger partial charge in [-0.2, -0.15) is 13.2 Å². The van der Waals surface area contributed by atoms with Gasteiger partial charge in [-0.15, -0.1) is 0 Å². The Kier molecular flexibility index (Phi) is 5.65. The molecule has 2 saturated heterocycles. The van der Waals surface area contributed by atoms with Crippen molar-refractivity contribution in [1.29, 1.82) is 0 Å². The van der Waals surface area contributed by atoms with E-state index >= 15 is 0 Å². The van der Waals surface area contributed by atoms with Crippen molar-refractivity contribution < 1.29 is 31.9 Å². The largest absolute Gasteiger partial charge is 0.471 e. The first-order valence-corrected chi connectivity index (χ1v) is 11.1. The normalized spacial score (nSPS) is 23.0. The Labute approximate surface area is 192 Å². The summed E-state index contributed by atoms with van der Waals surface area (Å²) in [5.41, 5.74) is -1.22. The summed E-state index contributed by atoms with van der Waals surface area (Å²) < 4.78 is 59.7. The number of nitrogens with zero attached hydrogens (tertiary/aromatic N) is 4. The summed E-state index contributed by atoms with van der Waals surface area (Å²) in [4.78, 5) is 37.1. The number of hydrogen-bond donors (Lipinski definition) is 0. The molecule has 3 aliphatic rings. The molecule has 3 heterocycles. The zero-order chi connectivity index (χ0) is 24.0. The number of amides is 2. The average Bonchev–Trinajstić information content (AvgIpc) is 3.59. The number of fused-ring (bicyclic) bond motifs is 1. The molecule has 2 atom stereocenters. The van der Waals surface area contributed by atoms with Crippen LogP contribution in [0.2, 0.25) is 0 Å². The molecule has 3 fully saturated rings. The first kappa shape index (κ1) is 22.5. The SMILES string of the molecule is O=C(c1cccc(C(F)(F)F)c1F)N1CCC(=O)N2C[C@@H](Oc3cnc(C4CC4)cn3)C[C@H]2C1. The van der Waals surface area contributed by atoms with Gasteiger partial charge in [0, 0.05) is 31.8 Å². The molecule has 0 radical (unpaired) electrons. The monoisotopic (exact) mass is 478 g/mol. The predicted octanol–water partition coefficient (Wildman–Crippen LogP) is 3.41. The quantitative estimate of drug-likeness (QED) is 0.630. The van der Waals surface area contributed by atoms with Gasteiger partial charge in [-0.3, -0.25) is 14.6 Å². The van der Waals surface area contributed by atoms with Crippen LogP contribution in [0.1, 0.15) is 53.2 Å². The summed E-state index contributed by atoms with van der Waals surface area (Å²) in [6.07, 6.45) is 0.585. The molecule has 5 rings (SSSR count). The third-order valence-electron chi connectivity index (χ3n) is 6.48. The first-order chi connectivity index (χ1) is 16.2. The number of halogens is 4. The van der Waals surface area contributed by atoms with Gasteiger partial charge in [-0.1, -0.05) is 6.07 Å². The lowest BCUT2D eigenvalue weighted by molar-refractivity contribution is -0.140. The molecule has 180 valence electrons. The number of carbonyl (C=O) groups excluding carboxylic acids is 2. The Morgan fingerprint density at radius 2 is 1.91 bits per heavy atom. The van der Waals surface area contributed by atoms with E-state index in [9.17, 15) is 27.2 Å². The second-order valence-corrected chi connectivity index (χ2v) is 8.90. The molecular weight excluding hydrogens is 456 g/mol. The molecule has 2 aromatic rings. The van der Waals surface area contributed by atoms with Crippen LogP contribution >= 0.6 is 0 Å². The predicted molar refractivity (Wildman–Crippen MR) is 110 cm³/mol. The van der Waals surface area contributed by atoms with E-state index in [0.717, 1.165) is 30.7 Å². The fraction of sp³-hybridized carbons (Fsp3) is 0.478. The molecule has 1 aliphatic carbocycles. The van der Waals surface area contributed by atoms with Crippen molar-refractivity contribution >= 4 is 11.8 Å². The van der Waals surface area contributed by atoms with E-state index in [4.69, 9.17) is 4.74 Å². The lowest BCUT2D eigenvalue weighted by Crippen LogP contribution is -2.41. The van der Waals surface area contributed by atoms with E-state index in [0.29, 0.717) is 30.8 Å². The number of benzene rings is 1. The Bertz CT molecular complexity index is 1100. The Morgan fingerprint density at radius 3 is 2.59 bits per heavy atom. The number of rotatable bonds is 4. The maximum atomic E-state index is 14.5. The molecule has 0 N–H and O–H groups in total. The van der Waals surface area contributed by atoms with Crippen LogP contribution in [0.3, 0.4) is 0 Å². The molecule has 7 nitrogen and oxygen atoms in total. The van der Waals surface area contributed by atoms with E-state index in [1.165, 1.54) is 4.90 Å². The molecule has 11 heteroatoms. The Balaban J connectivity index is 1.29. The van der Waals surface area contributed by atoms with Gasteiger partial charge in [0.1, 0.15) is 11.9 Å². The van der Waals surface area contributed by atoms with Gasteiger partial charge < -0.3 is 14.5 Å². The highest BCUT2D eigenvalue weighted by Gasteiger charge is 2.42. The van der Waals surface area contributed by atoms with Gasteiger partial charge in [-0.05, 0) is 25.0 Å². The summed E-state index contributed by atoms with van der Waals surface area (Å²) in [5, 5.41) is 0. The van der Waals surface area contributed by atoms with Crippen molar-refractivity contribution in [2.24, 2.45) is 0 Å². The molecule has 1 aromatic carbocycles. The van der Waals surface area contributed by atoms with Crippen molar-refractivity contribution in [3.05, 3.63) is 53.2 Å². The molecule has 2 amide bonds. The fourth-order valence-corrected chi connectivity index (χ4v) is 4.58. The minimum Gasteiger partial charge on any atom is -0.471 e. The molecule has 0 unspecified atom stereocenters. The summed E-state index contributed by atoms with van der Waals surface area (Å²) in [6, 6.07) is 2.24. The topological polar surface area (TPSA) is 75.6 Å². The van der Waals surface area contributed by atoms with Crippen molar-refractivity contribution in [3.63, 3.8) is 0 Å². The number of alkyl halides is 3. The zero-order valence-corrected chi connectivity index (χ0v) is 18.1. The highest BCUT2D eigenvalue weighted by atomic mass is 19.4. The third kappa shape index (κ3) is 4.43. The minimum atomic E-state index is -4.91. The Hall–Kier alpha value is -3.24. The lowest BCUT2D eigenvalue weighted by Gasteiger charge is -2.25. The molecule has 0 spiro atoms. The molecule has 1 aromatic heterocycles. The van der Waals surface area contributed by atoms with Gasteiger partial charge in [0.15, 0.2) is 0 Å². The van der Waals surface area contributed by atoms with Gasteiger partial charge >= 0.3 is 6.18 Å². The maximum Gasteiger partial charge on any atom is 0.419 e. The van der Waals surface area contributed by atoms with E-state index in [1.54, 1.807) is 17.3 Å². The van der Waals surface area contributed by atoms with Crippen LogP contribution in [0, 0.1) is 5.82 Å². The number of aromatic nitrogens is 2. The Morgan fingerprint density at radius 1 is 1.12 bits per heavy atom. The molecule has 2 aliphatic heterocycles. The van der Waals surface area contributed by atoms with Crippen LogP contribution in [-0.2, 0) is 11.0 Å². The van der Waals surface area contributed by atoms with Crippen LogP contribution in [0.15, 0.2) is 30.6 Å². The van der Waals surface area contributed by atoms with Crippen LogP contribution in [0.25, 0.3) is 0 Å². The smallest absolute Gasteiger partial charge is 0.419 e. The van der Waals surface area contributed by atoms with Crippen molar-refractivity contribution in [2.75, 3.05) is 19.6 Å². The minimum absolute atomic E-state index is 0.0000195. The zero-order valence-electron chi connectivity index (χ0n) is 18.1. The second-order valence-electron chi connectivity index (χ2n) is 8.90. The van der Waals surface area contributed by atoms with Gasteiger partial charge in [0.05, 0.1) is 41.8 Å². The highest BCUT2D eigenvalue weighted by Crippen LogP contribution is 2.39. The van der Waals surface area contributed by atoms with Crippen molar-refractivity contribution in [2.45, 2.75) is 49.9 Å². The number of carbonyl (C=O) groups is 2. The number of hydrogen-bond acceptors (Lipinski definition) is 5. The van der Waals surface area contributed by atoms with Gasteiger partial charge in [0.2, 0.25) is 11.8 Å². The van der Waals surface area contributed by atoms with E-state index < -0.39 is 35.1 Å². The highest BCUT2D eigenvalue weighted by molar-refractivity contribution is 5.95. The summed E-state index contributed by atoms with van der Waals surface area (Å²) >= 11 is 0. The van der Waals surface area contributed by atoms with Crippen LogP contribution in [0.5, 0.6) is 5.88 Å². The van der Waals surface area contributed by atoms with E-state index in [-0.39, 0.29) is 31.5 Å². The number of ether oxygens (including phenoxy) is 1. The van der Waals surface area contributed by atoms with E-state index in [2.05, 4.69) is 9.97 Å². The van der Waals surface area contributed by atoms with E-state index in [1.807, 2.05) is 0 Å². The summed E-state index contributed by atoms with van der Waals surface area (Å²) in [6.45, 7) is 0.377. The van der Waals surface area contributed by atoms with Crippen molar-refractivity contribution in [3.8, 4) is 5.88 Å². The molecule has 34 heavy (non-hydrogen) atoms. The van der Waals surface area contributed by atoms with Crippen LogP contribution < -0.4 is 4.74 Å². The van der Waals surface area contributed by atoms with Crippen LogP contribution in [-0.4, -0.2) is 63.4 Å². The standard InChI is InChI=1S/C23H22F4N4O3/c24-21-16(2-1-3-17(21)23(25,26)27)22(33)30-7-6-20(32)31-12-15(8-14(31)11-30)34-19-10-28-18(9-29-19)13-4-5-13/h1-3,9-10,13-15H,4-8,11-12H2/t14-,15-/m0/s1. The average molecular weight is 478 g/mol. The fourth-order valence-electron chi connectivity index (χ4n) is 4.58.